The summed E-state index contributed by atoms with van der Waals surface area (Å²) in [6.07, 6.45) is -14.8. The number of aromatic nitrogens is 2. The second-order valence-electron chi connectivity index (χ2n) is 9.51. The molecule has 24 heteroatoms. The summed E-state index contributed by atoms with van der Waals surface area (Å²) < 4.78 is 55.3. The highest BCUT2D eigenvalue weighted by Crippen LogP contribution is 2.61. The van der Waals surface area contributed by atoms with Gasteiger partial charge in [0.25, 0.3) is 5.56 Å². The summed E-state index contributed by atoms with van der Waals surface area (Å²) in [5, 5.41) is 51.9. The number of aromatic amines is 1. The van der Waals surface area contributed by atoms with Gasteiger partial charge in [-0.2, -0.15) is 4.31 Å². The number of hydrogen-bond donors (Lipinski definition) is 9. The highest BCUT2D eigenvalue weighted by molar-refractivity contribution is 7.61. The number of carboxylic acids is 1. The number of carbonyl (C=O) groups excluding carboxylic acids is 1. The largest absolute Gasteiger partial charge is 0.483 e. The lowest BCUT2D eigenvalue weighted by Gasteiger charge is -2.44. The van der Waals surface area contributed by atoms with Crippen molar-refractivity contribution in [1.29, 1.82) is 0 Å². The van der Waals surface area contributed by atoms with Crippen LogP contribution in [0.3, 0.4) is 0 Å². The Balaban J connectivity index is 1.72. The van der Waals surface area contributed by atoms with Crippen molar-refractivity contribution >= 4 is 27.5 Å². The van der Waals surface area contributed by atoms with Crippen LogP contribution in [0.5, 0.6) is 0 Å². The van der Waals surface area contributed by atoms with E-state index in [-0.39, 0.29) is 0 Å². The van der Waals surface area contributed by atoms with Gasteiger partial charge in [0.15, 0.2) is 18.6 Å². The predicted molar refractivity (Wildman–Crippen MR) is 136 cm³/mol. The van der Waals surface area contributed by atoms with Crippen LogP contribution in [0, 0.1) is 0 Å². The van der Waals surface area contributed by atoms with E-state index < -0.39 is 113 Å². The first-order chi connectivity index (χ1) is 20.4. The van der Waals surface area contributed by atoms with Crippen LogP contribution in [0.25, 0.3) is 0 Å². The molecular formula is C20H31N3O19P2. The van der Waals surface area contributed by atoms with Gasteiger partial charge in [-0.1, -0.05) is 0 Å². The number of nitrogens with zero attached hydrogens (tertiary/aromatic N) is 1. The Labute approximate surface area is 245 Å². The zero-order valence-electron chi connectivity index (χ0n) is 22.7. The second kappa shape index (κ2) is 14.4. The van der Waals surface area contributed by atoms with Gasteiger partial charge in [0.2, 0.25) is 5.91 Å². The molecule has 3 rings (SSSR count). The number of amides is 1. The number of aliphatic hydroxyl groups excluding tert-OH is 4. The van der Waals surface area contributed by atoms with Gasteiger partial charge in [0.05, 0.1) is 13.2 Å². The SMILES string of the molecule is CC(=O)N[C@H]1[C@@H](OP(=O)(O)OP(=O)(O)OC[C@H]2O[C@H](n3ccc(=O)[nH]c3=O)[C@@H](O)[C@H]2O)O[C@@H](CO)[C@@H](O)[C@@H]1O[C@H](C)C(=O)O. The number of hydrogen-bond acceptors (Lipinski definition) is 16. The smallest absolute Gasteiger partial charge is 0.479 e. The molecule has 2 unspecified atom stereocenters. The molecule has 2 saturated heterocycles. The quantitative estimate of drug-likeness (QED) is 0.0893. The fourth-order valence-electron chi connectivity index (χ4n) is 4.20. The first-order valence-corrected chi connectivity index (χ1v) is 15.5. The van der Waals surface area contributed by atoms with Gasteiger partial charge < -0.3 is 54.8 Å². The normalized spacial score (nSPS) is 34.0. The zero-order valence-corrected chi connectivity index (χ0v) is 24.5. The van der Waals surface area contributed by atoms with Crippen LogP contribution in [-0.4, -0.2) is 125 Å². The summed E-state index contributed by atoms with van der Waals surface area (Å²) in [4.78, 5) is 68.5. The van der Waals surface area contributed by atoms with Crippen LogP contribution < -0.4 is 16.6 Å². The molecule has 9 N–H and O–H groups in total. The van der Waals surface area contributed by atoms with E-state index >= 15 is 0 Å². The Bertz CT molecular complexity index is 1400. The summed E-state index contributed by atoms with van der Waals surface area (Å²) in [6.45, 7) is -0.00580. The lowest BCUT2D eigenvalue weighted by atomic mass is 9.96. The Morgan fingerprint density at radius 1 is 1.09 bits per heavy atom. The van der Waals surface area contributed by atoms with E-state index in [2.05, 4.69) is 14.2 Å². The standard InChI is InChI=1S/C20H31N3O19P2/c1-7(18(30)31)38-16-12(21-8(2)25)19(40-9(5-24)14(16)28)41-44(35,36)42-43(33,34)37-6-10-13(27)15(29)17(39-10)23-4-3-11(26)22-20(23)32/h3-4,7,9-10,12-17,19,24,27-29H,5-6H2,1-2H3,(H,21,25)(H,30,31)(H,33,34)(H,35,36)(H,22,26,32)/t7-,9+,10-,12-,13+,14-,15+,16-,17+,19-/m1/s1. The van der Waals surface area contributed by atoms with Gasteiger partial charge in [0.1, 0.15) is 42.7 Å². The molecule has 3 heterocycles. The average molecular weight is 679 g/mol. The van der Waals surface area contributed by atoms with Crippen LogP contribution in [0.4, 0.5) is 0 Å². The fraction of sp³-hybridized carbons (Fsp3) is 0.700. The molecule has 0 aliphatic carbocycles. The summed E-state index contributed by atoms with van der Waals surface area (Å²) in [7, 11) is -11.3. The molecule has 0 spiro atoms. The van der Waals surface area contributed by atoms with Crippen molar-refractivity contribution in [2.75, 3.05) is 13.2 Å². The third-order valence-corrected chi connectivity index (χ3v) is 8.84. The van der Waals surface area contributed by atoms with Gasteiger partial charge in [0, 0.05) is 19.2 Å². The Morgan fingerprint density at radius 2 is 1.75 bits per heavy atom. The number of phosphoric ester groups is 2. The van der Waals surface area contributed by atoms with Crippen molar-refractivity contribution in [3.63, 3.8) is 0 Å². The molecule has 0 bridgehead atoms. The molecule has 22 nitrogen and oxygen atoms in total. The molecule has 2 aliphatic heterocycles. The maximum Gasteiger partial charge on any atom is 0.483 e. The Hall–Kier alpha value is -2.40. The van der Waals surface area contributed by atoms with E-state index in [1.807, 2.05) is 4.98 Å². The van der Waals surface area contributed by atoms with Crippen molar-refractivity contribution < 1.29 is 81.6 Å². The van der Waals surface area contributed by atoms with Gasteiger partial charge in [-0.25, -0.2) is 18.7 Å². The first kappa shape index (κ1) is 36.1. The van der Waals surface area contributed by atoms with Crippen LogP contribution in [0.2, 0.25) is 0 Å². The molecule has 0 radical (unpaired) electrons. The topological polar surface area (TPSA) is 332 Å². The molecule has 12 atom stereocenters. The number of nitrogens with one attached hydrogen (secondary N) is 2. The summed E-state index contributed by atoms with van der Waals surface area (Å²) >= 11 is 0. The lowest BCUT2D eigenvalue weighted by Crippen LogP contribution is -2.65. The summed E-state index contributed by atoms with van der Waals surface area (Å²) in [5.74, 6) is -2.35. The molecule has 1 aromatic heterocycles. The molecular weight excluding hydrogens is 648 g/mol. The second-order valence-corrected chi connectivity index (χ2v) is 12.5. The van der Waals surface area contributed by atoms with Crippen molar-refractivity contribution in [2.24, 2.45) is 0 Å². The number of aliphatic carboxylic acids is 1. The van der Waals surface area contributed by atoms with E-state index in [1.165, 1.54) is 0 Å². The predicted octanol–water partition coefficient (Wildman–Crippen LogP) is -4.15. The minimum Gasteiger partial charge on any atom is -0.479 e. The van der Waals surface area contributed by atoms with Crippen molar-refractivity contribution in [3.8, 4) is 0 Å². The minimum absolute atomic E-state index is 0.709. The van der Waals surface area contributed by atoms with Crippen LogP contribution >= 0.6 is 15.6 Å². The van der Waals surface area contributed by atoms with Gasteiger partial charge in [-0.05, 0) is 6.92 Å². The molecule has 250 valence electrons. The molecule has 0 aromatic carbocycles. The average Bonchev–Trinajstić information content (AvgIpc) is 3.18. The number of H-pyrrole nitrogens is 1. The minimum atomic E-state index is -5.74. The van der Waals surface area contributed by atoms with Crippen molar-refractivity contribution in [2.45, 2.75) is 75.1 Å². The van der Waals surface area contributed by atoms with Crippen LogP contribution in [-0.2, 0) is 46.3 Å². The number of rotatable bonds is 13. The zero-order chi connectivity index (χ0) is 33.1. The van der Waals surface area contributed by atoms with Gasteiger partial charge >= 0.3 is 27.3 Å². The van der Waals surface area contributed by atoms with Crippen molar-refractivity contribution in [1.82, 2.24) is 14.9 Å². The molecule has 2 aliphatic rings. The van der Waals surface area contributed by atoms with Gasteiger partial charge in [-0.3, -0.25) is 28.2 Å². The molecule has 44 heavy (non-hydrogen) atoms. The van der Waals surface area contributed by atoms with Crippen LogP contribution in [0.1, 0.15) is 20.1 Å². The highest BCUT2D eigenvalue weighted by Gasteiger charge is 2.52. The van der Waals surface area contributed by atoms with E-state index in [1.54, 1.807) is 0 Å². The Kier molecular flexibility index (Phi) is 11.8. The monoisotopic (exact) mass is 679 g/mol. The van der Waals surface area contributed by atoms with Crippen LogP contribution in [0.15, 0.2) is 21.9 Å². The highest BCUT2D eigenvalue weighted by atomic mass is 31.3. The number of ether oxygens (including phenoxy) is 3. The van der Waals surface area contributed by atoms with E-state index in [9.17, 15) is 63.6 Å². The third kappa shape index (κ3) is 8.86. The number of carbonyl (C=O) groups is 2. The maximum absolute atomic E-state index is 12.7. The fourth-order valence-corrected chi connectivity index (χ4v) is 6.36. The molecule has 0 saturated carbocycles. The van der Waals surface area contributed by atoms with E-state index in [0.29, 0.717) is 4.57 Å². The summed E-state index contributed by atoms with van der Waals surface area (Å²) in [5.41, 5.74) is -1.79. The maximum atomic E-state index is 12.7. The van der Waals surface area contributed by atoms with E-state index in [4.69, 9.17) is 18.7 Å². The molecule has 1 amide bonds. The first-order valence-electron chi connectivity index (χ1n) is 12.5. The van der Waals surface area contributed by atoms with Gasteiger partial charge in [-0.15, -0.1) is 0 Å². The number of carboxylic acid groups (broad SMARTS) is 1. The summed E-state index contributed by atoms with van der Waals surface area (Å²) in [6, 6.07) is -0.828. The third-order valence-electron chi connectivity index (χ3n) is 6.24. The number of aliphatic hydroxyl groups is 4. The molecule has 1 aromatic rings. The Morgan fingerprint density at radius 3 is 2.32 bits per heavy atom. The lowest BCUT2D eigenvalue weighted by molar-refractivity contribution is -0.262. The van der Waals surface area contributed by atoms with E-state index in [0.717, 1.165) is 26.1 Å². The van der Waals surface area contributed by atoms with Crippen molar-refractivity contribution in [3.05, 3.63) is 33.1 Å². The molecule has 2 fully saturated rings. The number of phosphoric acid groups is 2.